The van der Waals surface area contributed by atoms with Gasteiger partial charge in [-0.2, -0.15) is 4.39 Å². The molecule has 4 rings (SSSR count). The predicted molar refractivity (Wildman–Crippen MR) is 124 cm³/mol. The largest absolute Gasteiger partial charge is 0.494 e. The number of esters is 1. The molecule has 4 aromatic carbocycles. The van der Waals surface area contributed by atoms with Gasteiger partial charge in [0, 0.05) is 17.2 Å². The van der Waals surface area contributed by atoms with Crippen molar-refractivity contribution in [1.29, 1.82) is 0 Å². The Morgan fingerprint density at radius 2 is 1.38 bits per heavy atom. The van der Waals surface area contributed by atoms with Gasteiger partial charge in [-0.15, -0.1) is 0 Å². The van der Waals surface area contributed by atoms with Crippen LogP contribution in [0, 0.1) is 24.4 Å². The van der Waals surface area contributed by atoms with Crippen LogP contribution in [0.1, 0.15) is 22.8 Å². The predicted octanol–water partition coefficient (Wildman–Crippen LogP) is 7.36. The standard InChI is InChI=1S/C28H21F3O3/c1-3-33-21-12-13-22(24(29)16-21)18-8-10-20(11-9-18)28(32)34-25-15-14-23(26(30)27(25)31)19-6-4-17(2)5-7-19/h4-16H,3H2,1-2H3. The molecule has 0 aliphatic rings. The monoisotopic (exact) mass is 462 g/mol. The van der Waals surface area contributed by atoms with E-state index in [-0.39, 0.29) is 11.1 Å². The molecular weight excluding hydrogens is 441 g/mol. The molecule has 0 heterocycles. The normalized spacial score (nSPS) is 10.7. The third-order valence-corrected chi connectivity index (χ3v) is 5.30. The number of halogens is 3. The molecule has 0 aromatic heterocycles. The molecule has 0 aliphatic heterocycles. The fourth-order valence-electron chi connectivity index (χ4n) is 3.50. The van der Waals surface area contributed by atoms with E-state index in [9.17, 15) is 18.0 Å². The van der Waals surface area contributed by atoms with Crippen LogP contribution >= 0.6 is 0 Å². The smallest absolute Gasteiger partial charge is 0.343 e. The molecule has 0 saturated heterocycles. The Balaban J connectivity index is 1.52. The number of rotatable bonds is 6. The summed E-state index contributed by atoms with van der Waals surface area (Å²) in [6.45, 7) is 4.13. The van der Waals surface area contributed by atoms with Gasteiger partial charge in [-0.25, -0.2) is 13.6 Å². The first kappa shape index (κ1) is 23.1. The second-order valence-electron chi connectivity index (χ2n) is 7.65. The van der Waals surface area contributed by atoms with E-state index >= 15 is 0 Å². The maximum absolute atomic E-state index is 14.6. The average Bonchev–Trinajstić information content (AvgIpc) is 2.83. The van der Waals surface area contributed by atoms with Gasteiger partial charge >= 0.3 is 5.97 Å². The molecule has 0 N–H and O–H groups in total. The highest BCUT2D eigenvalue weighted by molar-refractivity contribution is 5.91. The van der Waals surface area contributed by atoms with Crippen LogP contribution in [0.25, 0.3) is 22.3 Å². The molecule has 6 heteroatoms. The molecule has 4 aromatic rings. The lowest BCUT2D eigenvalue weighted by atomic mass is 10.0. The third kappa shape index (κ3) is 4.81. The summed E-state index contributed by atoms with van der Waals surface area (Å²) in [6, 6.07) is 20.0. The van der Waals surface area contributed by atoms with Crippen LogP contribution < -0.4 is 9.47 Å². The second kappa shape index (κ2) is 9.83. The Hall–Kier alpha value is -4.06. The lowest BCUT2D eigenvalue weighted by molar-refractivity contribution is 0.0727. The summed E-state index contributed by atoms with van der Waals surface area (Å²) >= 11 is 0. The maximum Gasteiger partial charge on any atom is 0.343 e. The Labute approximate surface area is 195 Å². The fraction of sp³-hybridized carbons (Fsp3) is 0.107. The first-order valence-electron chi connectivity index (χ1n) is 10.7. The van der Waals surface area contributed by atoms with Gasteiger partial charge in [-0.3, -0.25) is 0 Å². The Bertz CT molecular complexity index is 1330. The van der Waals surface area contributed by atoms with Crippen LogP contribution in [-0.2, 0) is 0 Å². The lowest BCUT2D eigenvalue weighted by Crippen LogP contribution is -2.10. The molecule has 0 radical (unpaired) electrons. The van der Waals surface area contributed by atoms with Crippen molar-refractivity contribution in [3.8, 4) is 33.8 Å². The van der Waals surface area contributed by atoms with Gasteiger partial charge in [-0.1, -0.05) is 42.0 Å². The van der Waals surface area contributed by atoms with Crippen molar-refractivity contribution in [2.24, 2.45) is 0 Å². The van der Waals surface area contributed by atoms with Crippen molar-refractivity contribution in [2.75, 3.05) is 6.61 Å². The zero-order valence-corrected chi connectivity index (χ0v) is 18.6. The summed E-state index contributed by atoms with van der Waals surface area (Å²) in [7, 11) is 0. The number of ether oxygens (including phenoxy) is 2. The minimum Gasteiger partial charge on any atom is -0.494 e. The average molecular weight is 462 g/mol. The zero-order valence-electron chi connectivity index (χ0n) is 18.6. The van der Waals surface area contributed by atoms with Crippen LogP contribution in [0.3, 0.4) is 0 Å². The van der Waals surface area contributed by atoms with Gasteiger partial charge < -0.3 is 9.47 Å². The van der Waals surface area contributed by atoms with E-state index in [0.29, 0.717) is 29.0 Å². The molecule has 34 heavy (non-hydrogen) atoms. The molecule has 0 bridgehead atoms. The Kier molecular flexibility index (Phi) is 6.68. The molecule has 0 atom stereocenters. The Morgan fingerprint density at radius 1 is 0.765 bits per heavy atom. The minimum absolute atomic E-state index is 0.0685. The summed E-state index contributed by atoms with van der Waals surface area (Å²) in [5, 5.41) is 0. The van der Waals surface area contributed by atoms with E-state index in [4.69, 9.17) is 9.47 Å². The van der Waals surface area contributed by atoms with Crippen LogP contribution in [0.2, 0.25) is 0 Å². The summed E-state index contributed by atoms with van der Waals surface area (Å²) in [6.07, 6.45) is 0. The van der Waals surface area contributed by atoms with Crippen LogP contribution in [0.15, 0.2) is 78.9 Å². The molecule has 0 unspecified atom stereocenters. The molecule has 172 valence electrons. The van der Waals surface area contributed by atoms with E-state index in [2.05, 4.69) is 0 Å². The highest BCUT2D eigenvalue weighted by Crippen LogP contribution is 2.31. The van der Waals surface area contributed by atoms with E-state index in [0.717, 1.165) is 5.56 Å². The number of carbonyl (C=O) groups excluding carboxylic acids is 1. The summed E-state index contributed by atoms with van der Waals surface area (Å²) in [4.78, 5) is 12.5. The highest BCUT2D eigenvalue weighted by Gasteiger charge is 2.19. The van der Waals surface area contributed by atoms with Gasteiger partial charge in [0.05, 0.1) is 12.2 Å². The zero-order chi connectivity index (χ0) is 24.2. The minimum atomic E-state index is -1.25. The summed E-state index contributed by atoms with van der Waals surface area (Å²) in [5.74, 6) is -3.77. The Morgan fingerprint density at radius 3 is 2.03 bits per heavy atom. The summed E-state index contributed by atoms with van der Waals surface area (Å²) < 4.78 is 54.0. The highest BCUT2D eigenvalue weighted by atomic mass is 19.2. The van der Waals surface area contributed by atoms with Crippen LogP contribution in [0.4, 0.5) is 13.2 Å². The molecule has 3 nitrogen and oxygen atoms in total. The number of hydrogen-bond acceptors (Lipinski definition) is 3. The SMILES string of the molecule is CCOc1ccc(-c2ccc(C(=O)Oc3ccc(-c4ccc(C)cc4)c(F)c3F)cc2)c(F)c1. The van der Waals surface area contributed by atoms with E-state index < -0.39 is 29.2 Å². The lowest BCUT2D eigenvalue weighted by Gasteiger charge is -2.10. The van der Waals surface area contributed by atoms with Gasteiger partial charge in [0.25, 0.3) is 0 Å². The second-order valence-corrected chi connectivity index (χ2v) is 7.65. The quantitative estimate of drug-likeness (QED) is 0.222. The van der Waals surface area contributed by atoms with Crippen molar-refractivity contribution in [1.82, 2.24) is 0 Å². The van der Waals surface area contributed by atoms with Gasteiger partial charge in [-0.05, 0) is 61.4 Å². The first-order valence-corrected chi connectivity index (χ1v) is 10.7. The molecule has 0 spiro atoms. The van der Waals surface area contributed by atoms with Crippen molar-refractivity contribution >= 4 is 5.97 Å². The van der Waals surface area contributed by atoms with E-state index in [1.54, 1.807) is 48.5 Å². The van der Waals surface area contributed by atoms with Crippen LogP contribution in [-0.4, -0.2) is 12.6 Å². The first-order chi connectivity index (χ1) is 16.4. The molecular formula is C28H21F3O3. The van der Waals surface area contributed by atoms with Crippen molar-refractivity contribution in [2.45, 2.75) is 13.8 Å². The van der Waals surface area contributed by atoms with Gasteiger partial charge in [0.2, 0.25) is 5.82 Å². The molecule has 0 fully saturated rings. The molecule has 0 aliphatic carbocycles. The summed E-state index contributed by atoms with van der Waals surface area (Å²) in [5.41, 5.74) is 2.56. The number of benzene rings is 4. The van der Waals surface area contributed by atoms with Crippen LogP contribution in [0.5, 0.6) is 11.5 Å². The van der Waals surface area contributed by atoms with Crippen molar-refractivity contribution in [3.05, 3.63) is 107 Å². The van der Waals surface area contributed by atoms with Gasteiger partial charge in [0.1, 0.15) is 11.6 Å². The van der Waals surface area contributed by atoms with Gasteiger partial charge in [0.15, 0.2) is 11.6 Å². The number of carbonyl (C=O) groups is 1. The van der Waals surface area contributed by atoms with Crippen molar-refractivity contribution < 1.29 is 27.4 Å². The van der Waals surface area contributed by atoms with E-state index in [1.807, 2.05) is 13.8 Å². The topological polar surface area (TPSA) is 35.5 Å². The fourth-order valence-corrected chi connectivity index (χ4v) is 3.50. The number of aryl methyl sites for hydroxylation is 1. The van der Waals surface area contributed by atoms with Crippen molar-refractivity contribution in [3.63, 3.8) is 0 Å². The number of hydrogen-bond donors (Lipinski definition) is 0. The maximum atomic E-state index is 14.6. The molecule has 0 saturated carbocycles. The van der Waals surface area contributed by atoms with E-state index in [1.165, 1.54) is 30.3 Å². The third-order valence-electron chi connectivity index (χ3n) is 5.30. The molecule has 0 amide bonds.